The van der Waals surface area contributed by atoms with E-state index in [0.29, 0.717) is 12.8 Å². The summed E-state index contributed by atoms with van der Waals surface area (Å²) in [6.07, 6.45) is 6.07. The van der Waals surface area contributed by atoms with Crippen molar-refractivity contribution in [1.29, 1.82) is 0 Å². The zero-order valence-corrected chi connectivity index (χ0v) is 17.4. The third kappa shape index (κ3) is 7.84. The molecule has 1 aliphatic carbocycles. The zero-order chi connectivity index (χ0) is 21.3. The predicted octanol–water partition coefficient (Wildman–Crippen LogP) is 3.29. The SMILES string of the molecule is CCCCC(C)(C)C(O)/C=C/[C@H]1C(O)CC(=O)[C@@H]1CC(=O)CCCCC(=O)O. The van der Waals surface area contributed by atoms with Crippen LogP contribution in [0, 0.1) is 17.3 Å². The van der Waals surface area contributed by atoms with Crippen LogP contribution in [0.2, 0.25) is 0 Å². The van der Waals surface area contributed by atoms with Gasteiger partial charge in [0, 0.05) is 37.5 Å². The minimum atomic E-state index is -0.882. The van der Waals surface area contributed by atoms with Crippen molar-refractivity contribution in [3.63, 3.8) is 0 Å². The van der Waals surface area contributed by atoms with Gasteiger partial charge in [-0.05, 0) is 24.7 Å². The maximum atomic E-state index is 12.2. The Hall–Kier alpha value is -1.53. The van der Waals surface area contributed by atoms with E-state index in [4.69, 9.17) is 5.11 Å². The van der Waals surface area contributed by atoms with Crippen molar-refractivity contribution in [3.05, 3.63) is 12.2 Å². The van der Waals surface area contributed by atoms with Crippen LogP contribution in [-0.2, 0) is 14.4 Å². The first kappa shape index (κ1) is 24.5. The molecule has 1 saturated carbocycles. The second kappa shape index (κ2) is 11.5. The van der Waals surface area contributed by atoms with E-state index in [1.807, 2.05) is 13.8 Å². The Bertz CT molecular complexity index is 565. The van der Waals surface area contributed by atoms with Crippen LogP contribution in [0.4, 0.5) is 0 Å². The maximum Gasteiger partial charge on any atom is 0.303 e. The maximum absolute atomic E-state index is 12.2. The van der Waals surface area contributed by atoms with Gasteiger partial charge in [0.2, 0.25) is 0 Å². The lowest BCUT2D eigenvalue weighted by molar-refractivity contribution is -0.137. The average molecular weight is 397 g/mol. The summed E-state index contributed by atoms with van der Waals surface area (Å²) in [4.78, 5) is 35.0. The Morgan fingerprint density at radius 1 is 1.21 bits per heavy atom. The number of Topliss-reactive ketones (excluding diaryl/α,β-unsaturated/α-hetero) is 2. The van der Waals surface area contributed by atoms with E-state index in [1.165, 1.54) is 0 Å². The van der Waals surface area contributed by atoms with Gasteiger partial charge in [-0.2, -0.15) is 0 Å². The average Bonchev–Trinajstić information content (AvgIpc) is 2.87. The number of carbonyl (C=O) groups excluding carboxylic acids is 2. The number of hydrogen-bond acceptors (Lipinski definition) is 5. The fourth-order valence-corrected chi connectivity index (χ4v) is 3.71. The number of unbranched alkanes of at least 4 members (excludes halogenated alkanes) is 2. The highest BCUT2D eigenvalue weighted by Gasteiger charge is 2.41. The number of rotatable bonds is 13. The summed E-state index contributed by atoms with van der Waals surface area (Å²) in [7, 11) is 0. The third-order valence-corrected chi connectivity index (χ3v) is 5.77. The first-order chi connectivity index (χ1) is 13.1. The number of carboxylic acids is 1. The number of aliphatic carboxylic acids is 1. The Kier molecular flexibility index (Phi) is 10.0. The van der Waals surface area contributed by atoms with Gasteiger partial charge in [0.15, 0.2) is 0 Å². The van der Waals surface area contributed by atoms with Crippen LogP contribution in [0.25, 0.3) is 0 Å². The van der Waals surface area contributed by atoms with E-state index in [-0.39, 0.29) is 42.7 Å². The molecule has 0 aromatic carbocycles. The summed E-state index contributed by atoms with van der Waals surface area (Å²) in [5, 5.41) is 29.4. The largest absolute Gasteiger partial charge is 0.481 e. The van der Waals surface area contributed by atoms with Crippen LogP contribution in [0.15, 0.2) is 12.2 Å². The van der Waals surface area contributed by atoms with Crippen molar-refractivity contribution >= 4 is 17.5 Å². The standard InChI is InChI=1S/C22H36O6/c1-4-5-12-22(2,3)20(26)11-10-16-17(19(25)14-18(16)24)13-15(23)8-6-7-9-21(27)28/h10-11,16-18,20,24,26H,4-9,12-14H2,1-3H3,(H,27,28)/b11-10+/t16-,17-,18?,20?/m1/s1. The van der Waals surface area contributed by atoms with Gasteiger partial charge in [-0.25, -0.2) is 0 Å². The molecular weight excluding hydrogens is 360 g/mol. The number of carbonyl (C=O) groups is 3. The van der Waals surface area contributed by atoms with Gasteiger partial charge in [-0.1, -0.05) is 45.8 Å². The Morgan fingerprint density at radius 2 is 1.86 bits per heavy atom. The molecule has 0 radical (unpaired) electrons. The molecule has 0 aliphatic heterocycles. The van der Waals surface area contributed by atoms with Crippen LogP contribution in [0.5, 0.6) is 0 Å². The first-order valence-corrected chi connectivity index (χ1v) is 10.4. The highest BCUT2D eigenvalue weighted by molar-refractivity contribution is 5.90. The quantitative estimate of drug-likeness (QED) is 0.325. The van der Waals surface area contributed by atoms with E-state index in [9.17, 15) is 24.6 Å². The fourth-order valence-electron chi connectivity index (χ4n) is 3.71. The van der Waals surface area contributed by atoms with Gasteiger partial charge < -0.3 is 15.3 Å². The highest BCUT2D eigenvalue weighted by atomic mass is 16.4. The van der Waals surface area contributed by atoms with Crippen molar-refractivity contribution in [2.24, 2.45) is 17.3 Å². The molecule has 160 valence electrons. The molecule has 0 bridgehead atoms. The molecular formula is C22H36O6. The second-order valence-electron chi connectivity index (χ2n) is 8.69. The summed E-state index contributed by atoms with van der Waals surface area (Å²) in [6, 6.07) is 0. The number of hydrogen-bond donors (Lipinski definition) is 3. The summed E-state index contributed by atoms with van der Waals surface area (Å²) in [6.45, 7) is 6.08. The zero-order valence-electron chi connectivity index (χ0n) is 17.4. The van der Waals surface area contributed by atoms with Crippen molar-refractivity contribution in [2.45, 2.75) is 90.8 Å². The minimum Gasteiger partial charge on any atom is -0.481 e. The molecule has 4 atom stereocenters. The third-order valence-electron chi connectivity index (χ3n) is 5.77. The predicted molar refractivity (Wildman–Crippen MR) is 107 cm³/mol. The van der Waals surface area contributed by atoms with Crippen LogP contribution in [0.1, 0.15) is 78.6 Å². The fraction of sp³-hybridized carbons (Fsp3) is 0.773. The Balaban J connectivity index is 2.66. The topological polar surface area (TPSA) is 112 Å². The molecule has 6 nitrogen and oxygen atoms in total. The van der Waals surface area contributed by atoms with Crippen molar-refractivity contribution < 1.29 is 29.7 Å². The highest BCUT2D eigenvalue weighted by Crippen LogP contribution is 2.35. The number of carboxylic acid groups (broad SMARTS) is 1. The molecule has 0 spiro atoms. The van der Waals surface area contributed by atoms with Crippen molar-refractivity contribution in [2.75, 3.05) is 0 Å². The summed E-state index contributed by atoms with van der Waals surface area (Å²) in [5.74, 6) is -2.12. The van der Waals surface area contributed by atoms with Gasteiger partial charge in [0.1, 0.15) is 11.6 Å². The molecule has 1 aliphatic rings. The monoisotopic (exact) mass is 396 g/mol. The molecule has 0 amide bonds. The van der Waals surface area contributed by atoms with E-state index >= 15 is 0 Å². The molecule has 0 aromatic heterocycles. The molecule has 0 saturated heterocycles. The molecule has 1 rings (SSSR count). The van der Waals surface area contributed by atoms with E-state index < -0.39 is 30.0 Å². The van der Waals surface area contributed by atoms with Crippen molar-refractivity contribution in [1.82, 2.24) is 0 Å². The molecule has 28 heavy (non-hydrogen) atoms. The molecule has 3 N–H and O–H groups in total. The summed E-state index contributed by atoms with van der Waals surface area (Å²) >= 11 is 0. The normalized spacial score (nSPS) is 24.0. The lowest BCUT2D eigenvalue weighted by Crippen LogP contribution is -2.28. The van der Waals surface area contributed by atoms with Gasteiger partial charge >= 0.3 is 5.97 Å². The molecule has 0 aromatic rings. The number of ketones is 2. The number of aliphatic hydroxyl groups excluding tert-OH is 2. The lowest BCUT2D eigenvalue weighted by Gasteiger charge is -2.29. The smallest absolute Gasteiger partial charge is 0.303 e. The number of aliphatic hydroxyl groups is 2. The molecule has 6 heteroatoms. The minimum absolute atomic E-state index is 0.0291. The van der Waals surface area contributed by atoms with Gasteiger partial charge in [0.25, 0.3) is 0 Å². The lowest BCUT2D eigenvalue weighted by atomic mass is 9.80. The molecule has 1 fully saturated rings. The van der Waals surface area contributed by atoms with E-state index in [0.717, 1.165) is 19.3 Å². The van der Waals surface area contributed by atoms with Gasteiger partial charge in [-0.3, -0.25) is 14.4 Å². The van der Waals surface area contributed by atoms with Gasteiger partial charge in [-0.15, -0.1) is 0 Å². The summed E-state index contributed by atoms with van der Waals surface area (Å²) < 4.78 is 0. The van der Waals surface area contributed by atoms with E-state index in [1.54, 1.807) is 12.2 Å². The van der Waals surface area contributed by atoms with Crippen LogP contribution < -0.4 is 0 Å². The summed E-state index contributed by atoms with van der Waals surface area (Å²) in [5.41, 5.74) is -0.296. The molecule has 0 heterocycles. The van der Waals surface area contributed by atoms with Gasteiger partial charge in [0.05, 0.1) is 12.2 Å². The van der Waals surface area contributed by atoms with Crippen LogP contribution in [-0.4, -0.2) is 45.1 Å². The first-order valence-electron chi connectivity index (χ1n) is 10.4. The molecule has 2 unspecified atom stereocenters. The Labute approximate surface area is 168 Å². The van der Waals surface area contributed by atoms with Crippen molar-refractivity contribution in [3.8, 4) is 0 Å². The Morgan fingerprint density at radius 3 is 2.46 bits per heavy atom. The van der Waals surface area contributed by atoms with Crippen LogP contribution >= 0.6 is 0 Å². The second-order valence-corrected chi connectivity index (χ2v) is 8.69. The van der Waals surface area contributed by atoms with E-state index in [2.05, 4.69) is 6.92 Å². The van der Waals surface area contributed by atoms with Crippen LogP contribution in [0.3, 0.4) is 0 Å².